The second kappa shape index (κ2) is 8.97. The second-order valence-electron chi connectivity index (χ2n) is 9.47. The molecule has 2 heterocycles. The zero-order valence-corrected chi connectivity index (χ0v) is 19.2. The SMILES string of the molecule is Cc1ccc(C)c(OCCCn2c(C3CC(=O)N(C4CCCC4)C3)nc3ccccc32)c1. The molecule has 0 radical (unpaired) electrons. The highest BCUT2D eigenvalue weighted by atomic mass is 16.5. The summed E-state index contributed by atoms with van der Waals surface area (Å²) in [7, 11) is 0. The van der Waals surface area contributed by atoms with Crippen LogP contribution >= 0.6 is 0 Å². The van der Waals surface area contributed by atoms with Crippen molar-refractivity contribution < 1.29 is 9.53 Å². The number of hydrogen-bond donors (Lipinski definition) is 0. The minimum Gasteiger partial charge on any atom is -0.493 e. The number of fused-ring (bicyclic) bond motifs is 1. The molecule has 2 aromatic carbocycles. The number of likely N-dealkylation sites (tertiary alicyclic amines) is 1. The Bertz CT molecular complexity index is 1110. The smallest absolute Gasteiger partial charge is 0.223 e. The average Bonchev–Trinajstić information content (AvgIpc) is 3.52. The van der Waals surface area contributed by atoms with Crippen molar-refractivity contribution in [3.8, 4) is 5.75 Å². The maximum atomic E-state index is 12.8. The molecule has 1 saturated heterocycles. The van der Waals surface area contributed by atoms with Gasteiger partial charge in [-0.1, -0.05) is 37.1 Å². The summed E-state index contributed by atoms with van der Waals surface area (Å²) in [5.74, 6) is 2.51. The highest BCUT2D eigenvalue weighted by molar-refractivity contribution is 5.81. The third kappa shape index (κ3) is 4.13. The molecule has 0 N–H and O–H groups in total. The lowest BCUT2D eigenvalue weighted by Gasteiger charge is -2.24. The highest BCUT2D eigenvalue weighted by Crippen LogP contribution is 2.35. The number of rotatable bonds is 7. The van der Waals surface area contributed by atoms with E-state index in [0.717, 1.165) is 55.0 Å². The lowest BCUT2D eigenvalue weighted by atomic mass is 10.1. The van der Waals surface area contributed by atoms with Gasteiger partial charge in [0.1, 0.15) is 11.6 Å². The van der Waals surface area contributed by atoms with Crippen LogP contribution in [0.2, 0.25) is 0 Å². The molecule has 5 heteroatoms. The molecule has 1 atom stereocenters. The number of aromatic nitrogens is 2. The third-order valence-corrected chi connectivity index (χ3v) is 7.10. The molecule has 0 bridgehead atoms. The molecule has 2 aliphatic rings. The van der Waals surface area contributed by atoms with Crippen molar-refractivity contribution in [2.24, 2.45) is 0 Å². The summed E-state index contributed by atoms with van der Waals surface area (Å²) in [6.45, 7) is 6.49. The summed E-state index contributed by atoms with van der Waals surface area (Å²) in [4.78, 5) is 20.0. The van der Waals surface area contributed by atoms with E-state index < -0.39 is 0 Å². The van der Waals surface area contributed by atoms with E-state index in [0.29, 0.717) is 25.0 Å². The predicted octanol–water partition coefficient (Wildman–Crippen LogP) is 5.38. The fourth-order valence-corrected chi connectivity index (χ4v) is 5.38. The third-order valence-electron chi connectivity index (χ3n) is 7.10. The number of benzene rings is 2. The van der Waals surface area contributed by atoms with Crippen LogP contribution in [0.5, 0.6) is 5.75 Å². The lowest BCUT2D eigenvalue weighted by molar-refractivity contribution is -0.129. The van der Waals surface area contributed by atoms with Gasteiger partial charge in [0.2, 0.25) is 5.91 Å². The first-order valence-electron chi connectivity index (χ1n) is 12.0. The lowest BCUT2D eigenvalue weighted by Crippen LogP contribution is -2.34. The van der Waals surface area contributed by atoms with Gasteiger partial charge in [-0.05, 0) is 62.4 Å². The first kappa shape index (κ1) is 21.0. The molecule has 1 unspecified atom stereocenters. The number of aryl methyl sites for hydroxylation is 3. The van der Waals surface area contributed by atoms with Crippen LogP contribution in [-0.2, 0) is 11.3 Å². The van der Waals surface area contributed by atoms with Crippen molar-refractivity contribution in [2.75, 3.05) is 13.2 Å². The first-order chi connectivity index (χ1) is 15.6. The van der Waals surface area contributed by atoms with Crippen molar-refractivity contribution in [2.45, 2.75) is 70.9 Å². The standard InChI is InChI=1S/C27H33N3O2/c1-19-12-13-20(2)25(16-19)32-15-7-14-29-24-11-6-5-10-23(24)28-27(29)21-17-26(31)30(18-21)22-8-3-4-9-22/h5-6,10-13,16,21-22H,3-4,7-9,14-15,17-18H2,1-2H3. The Morgan fingerprint density at radius 3 is 2.75 bits per heavy atom. The number of hydrogen-bond acceptors (Lipinski definition) is 3. The summed E-state index contributed by atoms with van der Waals surface area (Å²) in [6, 6.07) is 15.1. The Hall–Kier alpha value is -2.82. The fraction of sp³-hybridized carbons (Fsp3) is 0.481. The number of ether oxygens (including phenoxy) is 1. The molecule has 1 aliphatic carbocycles. The Morgan fingerprint density at radius 2 is 1.91 bits per heavy atom. The van der Waals surface area contributed by atoms with Gasteiger partial charge in [-0.25, -0.2) is 4.98 Å². The molecule has 1 amide bonds. The number of carbonyl (C=O) groups excluding carboxylic acids is 1. The number of carbonyl (C=O) groups is 1. The average molecular weight is 432 g/mol. The Morgan fingerprint density at radius 1 is 1.09 bits per heavy atom. The molecule has 0 spiro atoms. The number of nitrogens with zero attached hydrogens (tertiary/aromatic N) is 3. The van der Waals surface area contributed by atoms with Gasteiger partial charge in [-0.3, -0.25) is 4.79 Å². The van der Waals surface area contributed by atoms with Crippen LogP contribution in [0.1, 0.15) is 61.4 Å². The highest BCUT2D eigenvalue weighted by Gasteiger charge is 2.38. The van der Waals surface area contributed by atoms with E-state index in [1.807, 2.05) is 6.07 Å². The summed E-state index contributed by atoms with van der Waals surface area (Å²) >= 11 is 0. The van der Waals surface area contributed by atoms with E-state index in [1.54, 1.807) is 0 Å². The summed E-state index contributed by atoms with van der Waals surface area (Å²) in [5, 5.41) is 0. The van der Waals surface area contributed by atoms with Crippen LogP contribution in [0.25, 0.3) is 11.0 Å². The summed E-state index contributed by atoms with van der Waals surface area (Å²) < 4.78 is 8.43. The largest absolute Gasteiger partial charge is 0.493 e. The number of amides is 1. The van der Waals surface area contributed by atoms with Crippen LogP contribution in [0.3, 0.4) is 0 Å². The quantitative estimate of drug-likeness (QED) is 0.472. The molecular formula is C27H33N3O2. The van der Waals surface area contributed by atoms with E-state index in [-0.39, 0.29) is 5.92 Å². The zero-order chi connectivity index (χ0) is 22.1. The molecular weight excluding hydrogens is 398 g/mol. The van der Waals surface area contributed by atoms with Gasteiger partial charge >= 0.3 is 0 Å². The van der Waals surface area contributed by atoms with Gasteiger partial charge in [0.05, 0.1) is 17.6 Å². The Balaban J connectivity index is 1.32. The van der Waals surface area contributed by atoms with Gasteiger partial charge < -0.3 is 14.2 Å². The maximum absolute atomic E-state index is 12.8. The van der Waals surface area contributed by atoms with Crippen molar-refractivity contribution in [1.82, 2.24) is 14.5 Å². The minimum atomic E-state index is 0.176. The summed E-state index contributed by atoms with van der Waals surface area (Å²) in [6.07, 6.45) is 6.29. The van der Waals surface area contributed by atoms with Crippen molar-refractivity contribution in [3.05, 3.63) is 59.4 Å². The number of para-hydroxylation sites is 2. The maximum Gasteiger partial charge on any atom is 0.223 e. The monoisotopic (exact) mass is 431 g/mol. The van der Waals surface area contributed by atoms with Crippen molar-refractivity contribution >= 4 is 16.9 Å². The fourth-order valence-electron chi connectivity index (χ4n) is 5.38. The molecule has 168 valence electrons. The molecule has 1 saturated carbocycles. The van der Waals surface area contributed by atoms with Gasteiger partial charge in [0.15, 0.2) is 0 Å². The molecule has 1 aromatic heterocycles. The number of imidazole rings is 1. The first-order valence-corrected chi connectivity index (χ1v) is 12.0. The van der Waals surface area contributed by atoms with Crippen LogP contribution in [0, 0.1) is 13.8 Å². The summed E-state index contributed by atoms with van der Waals surface area (Å²) in [5.41, 5.74) is 4.55. The minimum absolute atomic E-state index is 0.176. The Labute approximate surface area is 190 Å². The second-order valence-corrected chi connectivity index (χ2v) is 9.47. The van der Waals surface area contributed by atoms with E-state index in [1.165, 1.54) is 24.0 Å². The van der Waals surface area contributed by atoms with Gasteiger partial charge in [0, 0.05) is 31.5 Å². The van der Waals surface area contributed by atoms with E-state index in [9.17, 15) is 4.79 Å². The topological polar surface area (TPSA) is 47.4 Å². The van der Waals surface area contributed by atoms with Crippen LogP contribution in [-0.4, -0.2) is 39.6 Å². The zero-order valence-electron chi connectivity index (χ0n) is 19.2. The van der Waals surface area contributed by atoms with Crippen LogP contribution in [0.4, 0.5) is 0 Å². The van der Waals surface area contributed by atoms with E-state index >= 15 is 0 Å². The molecule has 5 nitrogen and oxygen atoms in total. The molecule has 5 rings (SSSR count). The van der Waals surface area contributed by atoms with Gasteiger partial charge in [-0.15, -0.1) is 0 Å². The van der Waals surface area contributed by atoms with E-state index in [2.05, 4.69) is 59.7 Å². The molecule has 2 fully saturated rings. The molecule has 1 aliphatic heterocycles. The molecule has 3 aromatic rings. The van der Waals surface area contributed by atoms with Crippen LogP contribution < -0.4 is 4.74 Å². The van der Waals surface area contributed by atoms with Crippen molar-refractivity contribution in [3.63, 3.8) is 0 Å². The molecule has 32 heavy (non-hydrogen) atoms. The van der Waals surface area contributed by atoms with Gasteiger partial charge in [-0.2, -0.15) is 0 Å². The predicted molar refractivity (Wildman–Crippen MR) is 127 cm³/mol. The normalized spacial score (nSPS) is 19.4. The van der Waals surface area contributed by atoms with Crippen molar-refractivity contribution in [1.29, 1.82) is 0 Å². The Kier molecular flexibility index (Phi) is 5.90. The van der Waals surface area contributed by atoms with E-state index in [4.69, 9.17) is 9.72 Å². The van der Waals surface area contributed by atoms with Gasteiger partial charge in [0.25, 0.3) is 0 Å². The van der Waals surface area contributed by atoms with Crippen LogP contribution in [0.15, 0.2) is 42.5 Å².